The average molecular weight is 1110 g/mol. The average Bonchev–Trinajstić information content (AvgIpc) is 3.35. The monoisotopic (exact) mass is 1110 g/mol. The number of aliphatic hydroxyl groups is 1. The Morgan fingerprint density at radius 1 is 0.740 bits per heavy atom. The van der Waals surface area contributed by atoms with Gasteiger partial charge in [0.15, 0.2) is 9.84 Å². The molecule has 2 amide bonds. The number of unbranched alkanes of at least 4 members (excludes halogenated alkanes) is 1. The van der Waals surface area contributed by atoms with Crippen molar-refractivity contribution in [3.8, 4) is 0 Å². The summed E-state index contributed by atoms with van der Waals surface area (Å²) >= 11 is 0. The molecular weight excluding hydrogens is 1040 g/mol. The zero-order chi connectivity index (χ0) is 51.2. The second-order valence-corrected chi connectivity index (χ2v) is 22.3. The highest BCUT2D eigenvalue weighted by Gasteiger charge is 2.58. The van der Waals surface area contributed by atoms with Gasteiger partial charge in [-0.2, -0.15) is 8.42 Å². The number of carbonyl (C=O) groups excluding carboxylic acids is 1. The molecule has 0 saturated heterocycles. The molecule has 0 unspecified atom stereocenters. The molecule has 1 aliphatic heterocycles. The number of quaternary nitrogens is 3. The van der Waals surface area contributed by atoms with E-state index in [0.717, 1.165) is 6.42 Å². The first-order valence-corrected chi connectivity index (χ1v) is 27.7. The molecule has 4 aromatic rings. The van der Waals surface area contributed by atoms with Gasteiger partial charge in [-0.1, -0.05) is 99.5 Å². The Hall–Kier alpha value is -4.73. The van der Waals surface area contributed by atoms with Gasteiger partial charge in [0, 0.05) is 36.8 Å². The number of hydrogen-bond donors (Lipinski definition) is 7. The molecule has 0 spiro atoms. The Kier molecular flexibility index (Phi) is 22.0. The molecule has 6 rings (SSSR count). The molecular formula is C45H67N6O18S4+. The standard InChI is InChI=1S/C45H57N3O18S4.3H3N/c1-5-7-23-45(6-2)28-67(51,52)35-22-21-33(48(3)4)25-34(35)36(43(45)49)31-19-14-20-32(24-31)46-44(50)47-37-38(64-68(53,54)55)40(62-26-29-15-10-8-11-16-29)42(66-70(59,60)61)41(39(37)65-69(56,57)58)63-27-30-17-12-9-13-18-30;;;/h8-22,24-25,36-43,49H,5-7,23,26-28H2,1-4H3,(H2,46,47,50)(H,53,54,55)(H,56,57,58)(H,59,60,61);3*1H3/p+1/t36-,37-,38-,39+,40+,41-,42-,43-,45-;;;/m1.../s1. The molecule has 4 aromatic carbocycles. The van der Waals surface area contributed by atoms with Crippen LogP contribution in [0.25, 0.3) is 0 Å². The van der Waals surface area contributed by atoms with Crippen molar-refractivity contribution in [1.29, 1.82) is 0 Å². The molecule has 1 heterocycles. The third-order valence-corrected chi connectivity index (χ3v) is 15.8. The third kappa shape index (κ3) is 16.1. The molecule has 16 N–H and O–H groups in total. The van der Waals surface area contributed by atoms with Crippen molar-refractivity contribution in [2.45, 2.75) is 106 Å². The summed E-state index contributed by atoms with van der Waals surface area (Å²) in [6.07, 6.45) is -11.0. The largest absolute Gasteiger partial charge is 0.726 e. The minimum atomic E-state index is -5.92. The van der Waals surface area contributed by atoms with Gasteiger partial charge in [0.05, 0.1) is 36.0 Å². The molecule has 9 atom stereocenters. The Labute approximate surface area is 426 Å². The van der Waals surface area contributed by atoms with E-state index >= 15 is 0 Å². The Balaban J connectivity index is 0.00000469. The van der Waals surface area contributed by atoms with E-state index in [0.29, 0.717) is 47.2 Å². The first-order valence-electron chi connectivity index (χ1n) is 22.0. The van der Waals surface area contributed by atoms with Gasteiger partial charge < -0.3 is 57.7 Å². The third-order valence-electron chi connectivity index (χ3n) is 12.4. The molecule has 1 fully saturated rings. The highest BCUT2D eigenvalue weighted by atomic mass is 32.3. The maximum absolute atomic E-state index is 14.3. The lowest BCUT2D eigenvalue weighted by Crippen LogP contribution is -2.71. The number of anilines is 2. The zero-order valence-electron chi connectivity index (χ0n) is 41.4. The summed E-state index contributed by atoms with van der Waals surface area (Å²) in [5, 5.41) is 17.4. The van der Waals surface area contributed by atoms with Crippen LogP contribution < -0.4 is 34.0 Å². The van der Waals surface area contributed by atoms with Crippen LogP contribution in [-0.2, 0) is 76.3 Å². The number of aliphatic hydroxyl groups excluding tert-OH is 1. The molecule has 73 heavy (non-hydrogen) atoms. The fraction of sp³-hybridized carbons (Fsp3) is 0.444. The van der Waals surface area contributed by atoms with E-state index in [2.05, 4.69) is 10.6 Å². The van der Waals surface area contributed by atoms with Crippen molar-refractivity contribution in [2.75, 3.05) is 30.1 Å². The highest BCUT2D eigenvalue weighted by molar-refractivity contribution is 7.91. The number of fused-ring (bicyclic) bond motifs is 1. The van der Waals surface area contributed by atoms with Crippen molar-refractivity contribution in [1.82, 2.24) is 23.8 Å². The van der Waals surface area contributed by atoms with Gasteiger partial charge in [0.25, 0.3) is 0 Å². The van der Waals surface area contributed by atoms with Gasteiger partial charge in [0.2, 0.25) is 20.8 Å². The second kappa shape index (κ2) is 25.7. The summed E-state index contributed by atoms with van der Waals surface area (Å²) in [4.78, 5) is 16.1. The number of nitrogens with zero attached hydrogens (tertiary/aromatic N) is 1. The Morgan fingerprint density at radius 2 is 1.27 bits per heavy atom. The number of amides is 2. The minimum Gasteiger partial charge on any atom is -0.726 e. The maximum Gasteiger partial charge on any atom is 0.397 e. The van der Waals surface area contributed by atoms with Crippen molar-refractivity contribution >= 4 is 58.4 Å². The summed E-state index contributed by atoms with van der Waals surface area (Å²) < 4.78 is 165. The van der Waals surface area contributed by atoms with E-state index in [1.54, 1.807) is 85.7 Å². The molecule has 2 aliphatic rings. The van der Waals surface area contributed by atoms with E-state index in [-0.39, 0.29) is 34.8 Å². The van der Waals surface area contributed by atoms with Gasteiger partial charge in [-0.25, -0.2) is 34.2 Å². The van der Waals surface area contributed by atoms with E-state index in [1.165, 1.54) is 36.4 Å². The molecule has 0 radical (unpaired) electrons. The van der Waals surface area contributed by atoms with E-state index in [1.807, 2.05) is 13.8 Å². The predicted octanol–water partition coefficient (Wildman–Crippen LogP) is 5.30. The maximum atomic E-state index is 14.3. The first kappa shape index (κ1) is 62.6. The first-order chi connectivity index (χ1) is 32.8. The summed E-state index contributed by atoms with van der Waals surface area (Å²) in [6.45, 7) is 2.74. The predicted molar refractivity (Wildman–Crippen MR) is 269 cm³/mol. The lowest BCUT2D eigenvalue weighted by molar-refractivity contribution is -0.206. The lowest BCUT2D eigenvalue weighted by atomic mass is 9.69. The molecule has 28 heteroatoms. The summed E-state index contributed by atoms with van der Waals surface area (Å²) in [6, 6.07) is 23.1. The number of benzene rings is 4. The number of nitrogens with one attached hydrogen (secondary N) is 2. The van der Waals surface area contributed by atoms with Crippen LogP contribution in [0.5, 0.6) is 0 Å². The van der Waals surface area contributed by atoms with Crippen LogP contribution in [0.15, 0.2) is 108 Å². The molecule has 0 bridgehead atoms. The fourth-order valence-electron chi connectivity index (χ4n) is 9.12. The van der Waals surface area contributed by atoms with Crippen LogP contribution in [0.2, 0.25) is 0 Å². The number of urea groups is 1. The number of ether oxygens (including phenoxy) is 2. The van der Waals surface area contributed by atoms with Crippen molar-refractivity contribution in [3.63, 3.8) is 0 Å². The van der Waals surface area contributed by atoms with Crippen LogP contribution >= 0.6 is 0 Å². The molecule has 1 saturated carbocycles. The van der Waals surface area contributed by atoms with Crippen LogP contribution in [0.4, 0.5) is 16.2 Å². The number of hydrogen-bond acceptors (Lipinski definition) is 18. The van der Waals surface area contributed by atoms with Crippen molar-refractivity contribution in [2.24, 2.45) is 5.41 Å². The van der Waals surface area contributed by atoms with E-state index in [4.69, 9.17) is 22.0 Å². The lowest BCUT2D eigenvalue weighted by Gasteiger charge is -2.49. The fourth-order valence-corrected chi connectivity index (χ4v) is 12.9. The Bertz CT molecular complexity index is 2820. The second-order valence-electron chi connectivity index (χ2n) is 17.3. The minimum absolute atomic E-state index is 0. The summed E-state index contributed by atoms with van der Waals surface area (Å²) in [5.74, 6) is -1.32. The molecule has 24 nitrogen and oxygen atoms in total. The van der Waals surface area contributed by atoms with Crippen LogP contribution in [-0.4, -0.2) is 121 Å². The SMILES string of the molecule is CCCC[C@]1(CC)CS(=O)(=O)c2ccc(N(C)C)cc2[C@@H](c2cccc(NC(=O)N[C@@H]3[C@@H](OS(=O)(=O)O)[C@H](OCc4ccccc4)[C@@H](OS(=O)(=O)[O-])[C@H](OCc4ccccc4)[C@H]3OS(=O)(=O)[O-])c2)[C@H]1O.[NH4+].[NH4+].[NH4+]. The van der Waals surface area contributed by atoms with Gasteiger partial charge in [-0.15, -0.1) is 0 Å². The van der Waals surface area contributed by atoms with Crippen LogP contribution in [0, 0.1) is 5.41 Å². The molecule has 0 aromatic heterocycles. The van der Waals surface area contributed by atoms with Gasteiger partial charge in [-0.3, -0.25) is 12.9 Å². The van der Waals surface area contributed by atoms with E-state index < -0.39 is 114 Å². The Morgan fingerprint density at radius 3 is 1.77 bits per heavy atom. The quantitative estimate of drug-likeness (QED) is 0.0436. The summed E-state index contributed by atoms with van der Waals surface area (Å²) in [5.41, 5.74) is 0.927. The molecule has 1 aliphatic carbocycles. The molecule has 408 valence electrons. The van der Waals surface area contributed by atoms with E-state index in [9.17, 15) is 57.2 Å². The van der Waals surface area contributed by atoms with Gasteiger partial charge in [-0.05, 0) is 65.4 Å². The van der Waals surface area contributed by atoms with Gasteiger partial charge in [0.1, 0.15) is 30.5 Å². The van der Waals surface area contributed by atoms with Crippen molar-refractivity contribution in [3.05, 3.63) is 125 Å². The smallest absolute Gasteiger partial charge is 0.397 e. The highest BCUT2D eigenvalue weighted by Crippen LogP contribution is 2.49. The van der Waals surface area contributed by atoms with Crippen molar-refractivity contribution < 1.29 is 79.3 Å². The number of carbonyl (C=O) groups is 1. The van der Waals surface area contributed by atoms with Gasteiger partial charge >= 0.3 is 16.4 Å². The van der Waals surface area contributed by atoms with Crippen LogP contribution in [0.3, 0.4) is 0 Å². The topological polar surface area (TPSA) is 423 Å². The number of rotatable bonds is 20. The normalized spacial score (nSPS) is 24.8. The summed E-state index contributed by atoms with van der Waals surface area (Å²) in [7, 11) is -17.9. The zero-order valence-corrected chi connectivity index (χ0v) is 44.7. The number of sulfone groups is 1. The van der Waals surface area contributed by atoms with Crippen LogP contribution in [0.1, 0.15) is 67.7 Å².